The van der Waals surface area contributed by atoms with E-state index >= 15 is 0 Å². The summed E-state index contributed by atoms with van der Waals surface area (Å²) in [7, 11) is 1.48. The van der Waals surface area contributed by atoms with E-state index in [-0.39, 0.29) is 5.56 Å². The van der Waals surface area contributed by atoms with Gasteiger partial charge in [-0.3, -0.25) is 0 Å². The number of hydrogen-bond donors (Lipinski definition) is 1. The summed E-state index contributed by atoms with van der Waals surface area (Å²) >= 11 is 3.23. The zero-order valence-electron chi connectivity index (χ0n) is 10.3. The van der Waals surface area contributed by atoms with Gasteiger partial charge in [-0.2, -0.15) is 0 Å². The minimum Gasteiger partial charge on any atom is -0.496 e. The first-order valence-electron chi connectivity index (χ1n) is 5.60. The molecular formula is C14H10BrF3O2. The van der Waals surface area contributed by atoms with Crippen LogP contribution in [0.4, 0.5) is 13.2 Å². The fraction of sp³-hybridized carbons (Fsp3) is 0.143. The van der Waals surface area contributed by atoms with Gasteiger partial charge in [-0.15, -0.1) is 0 Å². The average Bonchev–Trinajstić information content (AvgIpc) is 2.44. The topological polar surface area (TPSA) is 29.5 Å². The van der Waals surface area contributed by atoms with E-state index in [0.717, 1.165) is 12.1 Å². The van der Waals surface area contributed by atoms with Gasteiger partial charge < -0.3 is 9.84 Å². The first-order valence-corrected chi connectivity index (χ1v) is 6.40. The van der Waals surface area contributed by atoms with Gasteiger partial charge in [0.05, 0.1) is 11.6 Å². The van der Waals surface area contributed by atoms with E-state index in [0.29, 0.717) is 15.8 Å². The van der Waals surface area contributed by atoms with E-state index in [9.17, 15) is 18.3 Å². The zero-order chi connectivity index (χ0) is 14.9. The Bertz CT molecular complexity index is 647. The van der Waals surface area contributed by atoms with E-state index in [2.05, 4.69) is 15.9 Å². The lowest BCUT2D eigenvalue weighted by Gasteiger charge is -2.14. The molecule has 20 heavy (non-hydrogen) atoms. The molecule has 1 unspecified atom stereocenters. The molecule has 0 bridgehead atoms. The van der Waals surface area contributed by atoms with Crippen LogP contribution in [0.25, 0.3) is 0 Å². The molecule has 0 aromatic heterocycles. The molecule has 0 radical (unpaired) electrons. The third-order valence-electron chi connectivity index (χ3n) is 2.85. The Morgan fingerprint density at radius 1 is 1.10 bits per heavy atom. The highest BCUT2D eigenvalue weighted by Crippen LogP contribution is 2.32. The number of hydrogen-bond acceptors (Lipinski definition) is 2. The summed E-state index contributed by atoms with van der Waals surface area (Å²) in [6.45, 7) is 0. The van der Waals surface area contributed by atoms with Gasteiger partial charge in [-0.05, 0) is 39.7 Å². The molecule has 1 atom stereocenters. The van der Waals surface area contributed by atoms with Crippen LogP contribution in [0.3, 0.4) is 0 Å². The highest BCUT2D eigenvalue weighted by molar-refractivity contribution is 9.10. The lowest BCUT2D eigenvalue weighted by Crippen LogP contribution is -2.06. The average molecular weight is 347 g/mol. The summed E-state index contributed by atoms with van der Waals surface area (Å²) in [5.41, 5.74) is -0.0106. The summed E-state index contributed by atoms with van der Waals surface area (Å²) in [5, 5.41) is 10.1. The number of aliphatic hydroxyl groups excluding tert-OH is 1. The van der Waals surface area contributed by atoms with Crippen LogP contribution in [0.5, 0.6) is 5.75 Å². The molecule has 2 nitrogen and oxygen atoms in total. The first-order chi connectivity index (χ1) is 9.45. The molecule has 0 amide bonds. The fourth-order valence-corrected chi connectivity index (χ4v) is 2.34. The fourth-order valence-electron chi connectivity index (χ4n) is 1.78. The Kier molecular flexibility index (Phi) is 4.35. The van der Waals surface area contributed by atoms with Crippen LogP contribution in [-0.4, -0.2) is 12.2 Å². The molecule has 0 saturated heterocycles. The molecule has 0 heterocycles. The molecule has 2 aromatic carbocycles. The van der Waals surface area contributed by atoms with Crippen molar-refractivity contribution in [2.24, 2.45) is 0 Å². The Morgan fingerprint density at radius 3 is 2.40 bits per heavy atom. The molecule has 0 saturated carbocycles. The van der Waals surface area contributed by atoms with Crippen LogP contribution in [0.2, 0.25) is 0 Å². The lowest BCUT2D eigenvalue weighted by molar-refractivity contribution is 0.212. The highest BCUT2D eigenvalue weighted by Gasteiger charge is 2.21. The van der Waals surface area contributed by atoms with Gasteiger partial charge in [0.25, 0.3) is 0 Å². The van der Waals surface area contributed by atoms with Crippen molar-refractivity contribution in [1.29, 1.82) is 0 Å². The van der Waals surface area contributed by atoms with E-state index in [1.807, 2.05) is 0 Å². The largest absolute Gasteiger partial charge is 0.496 e. The Hall–Kier alpha value is -1.53. The number of rotatable bonds is 3. The number of benzene rings is 2. The maximum Gasteiger partial charge on any atom is 0.194 e. The number of aliphatic hydroxyl groups is 1. The molecule has 2 aromatic rings. The van der Waals surface area contributed by atoms with Crippen molar-refractivity contribution in [3.05, 3.63) is 63.4 Å². The van der Waals surface area contributed by atoms with Crippen molar-refractivity contribution in [2.45, 2.75) is 6.10 Å². The second-order valence-electron chi connectivity index (χ2n) is 4.06. The van der Waals surface area contributed by atoms with Crippen LogP contribution >= 0.6 is 15.9 Å². The summed E-state index contributed by atoms with van der Waals surface area (Å²) in [6, 6.07) is 6.38. The number of halogens is 4. The second-order valence-corrected chi connectivity index (χ2v) is 4.92. The molecule has 0 aliphatic carbocycles. The first kappa shape index (κ1) is 14.9. The monoisotopic (exact) mass is 346 g/mol. The molecule has 0 aliphatic heterocycles. The van der Waals surface area contributed by atoms with Crippen molar-refractivity contribution in [3.63, 3.8) is 0 Å². The molecule has 0 aliphatic rings. The number of methoxy groups -OCH3 is 1. The molecule has 1 N–H and O–H groups in total. The van der Waals surface area contributed by atoms with Gasteiger partial charge in [-0.1, -0.05) is 12.1 Å². The predicted molar refractivity (Wildman–Crippen MR) is 71.1 cm³/mol. The van der Waals surface area contributed by atoms with Crippen molar-refractivity contribution < 1.29 is 23.0 Å². The maximum absolute atomic E-state index is 13.6. The van der Waals surface area contributed by atoms with Crippen molar-refractivity contribution in [1.82, 2.24) is 0 Å². The SMILES string of the molecule is COc1ccc(C(O)c2ccc(F)c(F)c2F)cc1Br. The minimum atomic E-state index is -1.60. The van der Waals surface area contributed by atoms with Gasteiger partial charge in [0, 0.05) is 5.56 Å². The van der Waals surface area contributed by atoms with Crippen molar-refractivity contribution >= 4 is 15.9 Å². The quantitative estimate of drug-likeness (QED) is 0.852. The van der Waals surface area contributed by atoms with E-state index < -0.39 is 23.6 Å². The van der Waals surface area contributed by atoms with Gasteiger partial charge in [-0.25, -0.2) is 13.2 Å². The third-order valence-corrected chi connectivity index (χ3v) is 3.47. The van der Waals surface area contributed by atoms with Gasteiger partial charge in [0.1, 0.15) is 11.9 Å². The maximum atomic E-state index is 13.6. The molecule has 6 heteroatoms. The smallest absolute Gasteiger partial charge is 0.194 e. The Morgan fingerprint density at radius 2 is 1.80 bits per heavy atom. The summed E-state index contributed by atoms with van der Waals surface area (Å²) in [6.07, 6.45) is -1.41. The van der Waals surface area contributed by atoms with E-state index in [4.69, 9.17) is 4.74 Å². The van der Waals surface area contributed by atoms with Gasteiger partial charge in [0.15, 0.2) is 17.5 Å². The van der Waals surface area contributed by atoms with Crippen LogP contribution in [0.15, 0.2) is 34.8 Å². The molecule has 106 valence electrons. The molecule has 0 spiro atoms. The highest BCUT2D eigenvalue weighted by atomic mass is 79.9. The minimum absolute atomic E-state index is 0.322. The Balaban J connectivity index is 2.44. The predicted octanol–water partition coefficient (Wildman–Crippen LogP) is 3.96. The molecule has 2 rings (SSSR count). The van der Waals surface area contributed by atoms with Crippen LogP contribution < -0.4 is 4.74 Å². The lowest BCUT2D eigenvalue weighted by atomic mass is 10.0. The number of ether oxygens (including phenoxy) is 1. The van der Waals surface area contributed by atoms with Crippen molar-refractivity contribution in [2.75, 3.05) is 7.11 Å². The van der Waals surface area contributed by atoms with E-state index in [1.165, 1.54) is 19.2 Å². The Labute approximate surface area is 121 Å². The van der Waals surface area contributed by atoms with Crippen LogP contribution in [0, 0.1) is 17.5 Å². The van der Waals surface area contributed by atoms with Gasteiger partial charge >= 0.3 is 0 Å². The molecule has 0 fully saturated rings. The summed E-state index contributed by atoms with van der Waals surface area (Å²) in [4.78, 5) is 0. The standard InChI is InChI=1S/C14H10BrF3O2/c1-20-11-5-2-7(6-9(11)15)14(19)8-3-4-10(16)13(18)12(8)17/h2-6,14,19H,1H3. The summed E-state index contributed by atoms with van der Waals surface area (Å²) in [5.74, 6) is -3.76. The van der Waals surface area contributed by atoms with Crippen LogP contribution in [0.1, 0.15) is 17.2 Å². The summed E-state index contributed by atoms with van der Waals surface area (Å²) < 4.78 is 45.3. The van der Waals surface area contributed by atoms with E-state index in [1.54, 1.807) is 6.07 Å². The zero-order valence-corrected chi connectivity index (χ0v) is 11.9. The normalized spacial score (nSPS) is 12.3. The van der Waals surface area contributed by atoms with Crippen molar-refractivity contribution in [3.8, 4) is 5.75 Å². The second kappa shape index (κ2) is 5.85. The van der Waals surface area contributed by atoms with Crippen LogP contribution in [-0.2, 0) is 0 Å². The third kappa shape index (κ3) is 2.66. The van der Waals surface area contributed by atoms with Gasteiger partial charge in [0.2, 0.25) is 0 Å². The molecular weight excluding hydrogens is 337 g/mol.